The molecule has 0 saturated heterocycles. The van der Waals surface area contributed by atoms with Crippen molar-refractivity contribution in [3.8, 4) is 0 Å². The van der Waals surface area contributed by atoms with Crippen LogP contribution < -0.4 is 5.32 Å². The molecule has 1 unspecified atom stereocenters. The van der Waals surface area contributed by atoms with Crippen molar-refractivity contribution in [2.75, 3.05) is 6.54 Å². The third-order valence-corrected chi connectivity index (χ3v) is 3.19. The lowest BCUT2D eigenvalue weighted by Crippen LogP contribution is -2.28. The van der Waals surface area contributed by atoms with Gasteiger partial charge in [-0.15, -0.1) is 0 Å². The van der Waals surface area contributed by atoms with Crippen molar-refractivity contribution in [3.05, 3.63) is 53.1 Å². The second kappa shape index (κ2) is 5.83. The zero-order valence-corrected chi connectivity index (χ0v) is 11.3. The third-order valence-electron chi connectivity index (χ3n) is 3.19. The summed E-state index contributed by atoms with van der Waals surface area (Å²) in [6.07, 6.45) is 0.603. The lowest BCUT2D eigenvalue weighted by molar-refractivity contribution is 0.0915. The Morgan fingerprint density at radius 2 is 2.10 bits per heavy atom. The fourth-order valence-corrected chi connectivity index (χ4v) is 1.81. The van der Waals surface area contributed by atoms with Crippen molar-refractivity contribution in [2.45, 2.75) is 13.0 Å². The zero-order valence-electron chi connectivity index (χ0n) is 11.3. The molecule has 2 rings (SSSR count). The molecule has 20 heavy (non-hydrogen) atoms. The molecule has 1 heterocycles. The molecule has 2 aromatic rings. The summed E-state index contributed by atoms with van der Waals surface area (Å²) in [6, 6.07) is 5.51. The number of amides is 1. The van der Waals surface area contributed by atoms with E-state index in [0.717, 1.165) is 5.69 Å². The van der Waals surface area contributed by atoms with E-state index >= 15 is 0 Å². The molecule has 1 amide bonds. The predicted molar refractivity (Wildman–Crippen MR) is 71.6 cm³/mol. The first-order valence-corrected chi connectivity index (χ1v) is 6.19. The quantitative estimate of drug-likeness (QED) is 0.886. The summed E-state index contributed by atoms with van der Waals surface area (Å²) in [5.41, 5.74) is 1.77. The van der Waals surface area contributed by atoms with E-state index in [0.29, 0.717) is 11.1 Å². The molecule has 0 aliphatic carbocycles. The summed E-state index contributed by atoms with van der Waals surface area (Å²) in [7, 11) is 1.75. The molecule has 106 valence electrons. The second-order valence-electron chi connectivity index (χ2n) is 4.54. The van der Waals surface area contributed by atoms with Gasteiger partial charge in [0.1, 0.15) is 5.82 Å². The third kappa shape index (κ3) is 3.03. The Morgan fingerprint density at radius 1 is 1.45 bits per heavy atom. The predicted octanol–water partition coefficient (Wildman–Crippen LogP) is 1.33. The maximum atomic E-state index is 12.8. The highest BCUT2D eigenvalue weighted by Gasteiger charge is 2.14. The molecule has 0 fully saturated rings. The summed E-state index contributed by atoms with van der Waals surface area (Å²) >= 11 is 0. The van der Waals surface area contributed by atoms with Crippen LogP contribution in [0.3, 0.4) is 0 Å². The fraction of sp³-hybridized carbons (Fsp3) is 0.286. The Bertz CT molecular complexity index is 607. The van der Waals surface area contributed by atoms with Crippen molar-refractivity contribution < 1.29 is 14.3 Å². The molecule has 0 aliphatic rings. The van der Waals surface area contributed by atoms with Gasteiger partial charge in [0.2, 0.25) is 0 Å². The van der Waals surface area contributed by atoms with Gasteiger partial charge in [0.05, 0.1) is 17.9 Å². The molecule has 0 saturated carbocycles. The first-order valence-electron chi connectivity index (χ1n) is 6.19. The van der Waals surface area contributed by atoms with Crippen LogP contribution in [0.4, 0.5) is 4.39 Å². The highest BCUT2D eigenvalue weighted by atomic mass is 19.1. The number of hydrogen-bond acceptors (Lipinski definition) is 3. The lowest BCUT2D eigenvalue weighted by Gasteiger charge is -2.12. The minimum absolute atomic E-state index is 0.0544. The highest BCUT2D eigenvalue weighted by Crippen LogP contribution is 2.13. The first kappa shape index (κ1) is 14.2. The van der Waals surface area contributed by atoms with Crippen LogP contribution in [-0.2, 0) is 7.05 Å². The van der Waals surface area contributed by atoms with Crippen LogP contribution in [0.15, 0.2) is 30.5 Å². The number of aliphatic hydroxyl groups excluding tert-OH is 1. The average molecular weight is 277 g/mol. The molecule has 0 aliphatic heterocycles. The van der Waals surface area contributed by atoms with Crippen molar-refractivity contribution >= 4 is 5.91 Å². The van der Waals surface area contributed by atoms with Crippen molar-refractivity contribution in [1.82, 2.24) is 15.1 Å². The van der Waals surface area contributed by atoms with Gasteiger partial charge < -0.3 is 10.4 Å². The van der Waals surface area contributed by atoms with Gasteiger partial charge in [-0.1, -0.05) is 12.1 Å². The Morgan fingerprint density at radius 3 is 2.65 bits per heavy atom. The summed E-state index contributed by atoms with van der Waals surface area (Å²) in [6.45, 7) is 1.84. The second-order valence-corrected chi connectivity index (χ2v) is 4.54. The highest BCUT2D eigenvalue weighted by molar-refractivity contribution is 5.95. The minimum Gasteiger partial charge on any atom is -0.387 e. The van der Waals surface area contributed by atoms with Gasteiger partial charge >= 0.3 is 0 Å². The normalized spacial score (nSPS) is 12.2. The largest absolute Gasteiger partial charge is 0.387 e. The van der Waals surface area contributed by atoms with E-state index in [1.165, 1.54) is 30.5 Å². The van der Waals surface area contributed by atoms with E-state index in [9.17, 15) is 14.3 Å². The molecular weight excluding hydrogens is 261 g/mol. The van der Waals surface area contributed by atoms with Crippen LogP contribution in [0.5, 0.6) is 0 Å². The van der Waals surface area contributed by atoms with Crippen molar-refractivity contribution in [3.63, 3.8) is 0 Å². The number of nitrogens with one attached hydrogen (secondary N) is 1. The fourth-order valence-electron chi connectivity index (χ4n) is 1.81. The van der Waals surface area contributed by atoms with Crippen LogP contribution >= 0.6 is 0 Å². The van der Waals surface area contributed by atoms with Gasteiger partial charge in [0, 0.05) is 19.3 Å². The van der Waals surface area contributed by atoms with Gasteiger partial charge in [-0.25, -0.2) is 4.39 Å². The van der Waals surface area contributed by atoms with E-state index in [2.05, 4.69) is 10.4 Å². The maximum Gasteiger partial charge on any atom is 0.254 e. The number of aromatic nitrogens is 2. The number of aryl methyl sites for hydroxylation is 1. The van der Waals surface area contributed by atoms with Gasteiger partial charge in [-0.2, -0.15) is 5.10 Å². The SMILES string of the molecule is Cc1c(C(=O)NCC(O)c2ccc(F)cc2)cnn1C. The number of aliphatic hydroxyl groups is 1. The molecular formula is C14H16FN3O2. The molecule has 1 aromatic heterocycles. The van der Waals surface area contributed by atoms with Crippen LogP contribution in [0.25, 0.3) is 0 Å². The number of rotatable bonds is 4. The monoisotopic (exact) mass is 277 g/mol. The zero-order chi connectivity index (χ0) is 14.7. The number of nitrogens with zero attached hydrogens (tertiary/aromatic N) is 2. The van der Waals surface area contributed by atoms with Crippen LogP contribution in [-0.4, -0.2) is 27.3 Å². The standard InChI is InChI=1S/C14H16FN3O2/c1-9-12(7-17-18(9)2)14(20)16-8-13(19)10-3-5-11(15)6-4-10/h3-7,13,19H,8H2,1-2H3,(H,16,20). The van der Waals surface area contributed by atoms with Crippen LogP contribution in [0.1, 0.15) is 27.7 Å². The molecule has 1 aromatic carbocycles. The molecule has 2 N–H and O–H groups in total. The van der Waals surface area contributed by atoms with Crippen molar-refractivity contribution in [1.29, 1.82) is 0 Å². The van der Waals surface area contributed by atoms with Crippen LogP contribution in [0, 0.1) is 12.7 Å². The molecule has 0 bridgehead atoms. The Kier molecular flexibility index (Phi) is 4.14. The number of carbonyl (C=O) groups is 1. The van der Waals surface area contributed by atoms with Crippen molar-refractivity contribution in [2.24, 2.45) is 7.05 Å². The minimum atomic E-state index is -0.878. The molecule has 1 atom stereocenters. The summed E-state index contributed by atoms with van der Waals surface area (Å²) < 4.78 is 14.4. The Labute approximate surface area is 116 Å². The van der Waals surface area contributed by atoms with Crippen LogP contribution in [0.2, 0.25) is 0 Å². The van der Waals surface area contributed by atoms with E-state index in [1.54, 1.807) is 18.7 Å². The lowest BCUT2D eigenvalue weighted by atomic mass is 10.1. The molecule has 0 spiro atoms. The maximum absolute atomic E-state index is 12.8. The number of carbonyl (C=O) groups excluding carboxylic acids is 1. The topological polar surface area (TPSA) is 67.2 Å². The molecule has 5 nitrogen and oxygen atoms in total. The van der Waals surface area contributed by atoms with Gasteiger partial charge in [0.15, 0.2) is 0 Å². The van der Waals surface area contributed by atoms with Gasteiger partial charge in [-0.3, -0.25) is 9.48 Å². The van der Waals surface area contributed by atoms with Gasteiger partial charge in [-0.05, 0) is 24.6 Å². The Hall–Kier alpha value is -2.21. The number of halogens is 1. The molecule has 6 heteroatoms. The average Bonchev–Trinajstić information content (AvgIpc) is 2.77. The summed E-state index contributed by atoms with van der Waals surface area (Å²) in [5.74, 6) is -0.660. The van der Waals surface area contributed by atoms with E-state index < -0.39 is 6.10 Å². The summed E-state index contributed by atoms with van der Waals surface area (Å²) in [5, 5.41) is 16.5. The Balaban J connectivity index is 1.96. The number of benzene rings is 1. The summed E-state index contributed by atoms with van der Waals surface area (Å²) in [4.78, 5) is 11.9. The first-order chi connectivity index (χ1) is 9.49. The van der Waals surface area contributed by atoms with E-state index in [-0.39, 0.29) is 18.3 Å². The number of hydrogen-bond donors (Lipinski definition) is 2. The van der Waals surface area contributed by atoms with E-state index in [4.69, 9.17) is 0 Å². The van der Waals surface area contributed by atoms with E-state index in [1.807, 2.05) is 0 Å². The molecule has 0 radical (unpaired) electrons. The smallest absolute Gasteiger partial charge is 0.254 e. The van der Waals surface area contributed by atoms with Gasteiger partial charge in [0.25, 0.3) is 5.91 Å².